The first-order chi connectivity index (χ1) is 33.8. The summed E-state index contributed by atoms with van der Waals surface area (Å²) in [7, 11) is -14.5. The number of carbonyl (C=O) groups is 2. The third kappa shape index (κ3) is 13.0. The number of halogens is 1. The molecule has 0 aliphatic rings. The van der Waals surface area contributed by atoms with Crippen molar-refractivity contribution in [3.05, 3.63) is 129 Å². The van der Waals surface area contributed by atoms with Crippen molar-refractivity contribution in [2.75, 3.05) is 28.5 Å². The first-order valence-electron chi connectivity index (χ1n) is 20.1. The molecule has 2 heterocycles. The van der Waals surface area contributed by atoms with Gasteiger partial charge in [-0.25, -0.2) is 12.6 Å². The number of anilines is 4. The summed E-state index contributed by atoms with van der Waals surface area (Å²) in [5.41, 5.74) is 6.49. The topological polar surface area (TPSA) is 411 Å². The van der Waals surface area contributed by atoms with Gasteiger partial charge in [-0.3, -0.25) is 33.5 Å². The lowest BCUT2D eigenvalue weighted by Gasteiger charge is -2.15. The van der Waals surface area contributed by atoms with E-state index in [0.717, 1.165) is 35.9 Å². The number of aryl methyl sites for hydroxylation is 2. The molecular formula is C41H38FN13O14S3. The lowest BCUT2D eigenvalue weighted by Crippen LogP contribution is -2.28. The van der Waals surface area contributed by atoms with E-state index in [9.17, 15) is 58.8 Å². The van der Waals surface area contributed by atoms with Crippen molar-refractivity contribution in [3.63, 3.8) is 0 Å². The van der Waals surface area contributed by atoms with Crippen LogP contribution in [0.25, 0.3) is 0 Å². The van der Waals surface area contributed by atoms with Crippen LogP contribution in [0.5, 0.6) is 11.6 Å². The number of amidine groups is 1. The molecule has 1 amide bonds. The number of aromatic hydroxyl groups is 2. The van der Waals surface area contributed by atoms with Crippen molar-refractivity contribution in [1.29, 1.82) is 0 Å². The number of nitrogens with two attached hydrogens (primary N) is 1. The molecule has 31 heteroatoms. The third-order valence-corrected chi connectivity index (χ3v) is 12.6. The molecule has 0 saturated carbocycles. The second kappa shape index (κ2) is 21.7. The Labute approximate surface area is 406 Å². The Morgan fingerprint density at radius 3 is 2.19 bits per heavy atom. The Kier molecular flexibility index (Phi) is 15.9. The minimum Gasteiger partial charge on any atom is -0.504 e. The lowest BCUT2D eigenvalue weighted by molar-refractivity contribution is 0.0994. The number of pyridine rings is 1. The SMILES string of the molecule is Cc1ccc(C=O)c(N=NC(=NNc2cc(S(=O)(=O)O)cc(Nc3nc(F)nc(NCCn4c(O)c(C(N)=O)c(C)c(N=Nc5ccc(S(=O)(=O)COS(=O)(=O)O)cc5C)c4=O)n3)c2O)c2ccccc2)c1. The molecule has 6 aromatic rings. The summed E-state index contributed by atoms with van der Waals surface area (Å²) in [6.07, 6.45) is -0.839. The number of hydrazone groups is 1. The number of sulfone groups is 1. The predicted octanol–water partition coefficient (Wildman–Crippen LogP) is 5.05. The Morgan fingerprint density at radius 1 is 0.847 bits per heavy atom. The zero-order chi connectivity index (χ0) is 52.7. The van der Waals surface area contributed by atoms with E-state index in [2.05, 4.69) is 60.8 Å². The molecule has 0 aliphatic heterocycles. The number of primary amides is 1. The smallest absolute Gasteiger partial charge is 0.398 e. The van der Waals surface area contributed by atoms with E-state index in [0.29, 0.717) is 16.4 Å². The molecule has 9 N–H and O–H groups in total. The highest BCUT2D eigenvalue weighted by Gasteiger charge is 2.24. The van der Waals surface area contributed by atoms with Gasteiger partial charge in [0.1, 0.15) is 11.3 Å². The van der Waals surface area contributed by atoms with Crippen molar-refractivity contribution in [3.8, 4) is 11.6 Å². The van der Waals surface area contributed by atoms with Gasteiger partial charge < -0.3 is 26.6 Å². The van der Waals surface area contributed by atoms with E-state index in [1.165, 1.54) is 13.8 Å². The molecule has 0 radical (unpaired) electrons. The molecule has 2 aromatic heterocycles. The highest BCUT2D eigenvalue weighted by Crippen LogP contribution is 2.37. The van der Waals surface area contributed by atoms with E-state index in [-0.39, 0.29) is 33.9 Å². The average Bonchev–Trinajstić information content (AvgIpc) is 3.30. The van der Waals surface area contributed by atoms with Crippen molar-refractivity contribution < 1.29 is 62.7 Å². The maximum absolute atomic E-state index is 14.9. The normalized spacial score (nSPS) is 12.3. The summed E-state index contributed by atoms with van der Waals surface area (Å²) >= 11 is 0. The van der Waals surface area contributed by atoms with Gasteiger partial charge in [-0.05, 0) is 74.4 Å². The summed E-state index contributed by atoms with van der Waals surface area (Å²) in [5, 5.41) is 47.7. The van der Waals surface area contributed by atoms with Gasteiger partial charge in [0, 0.05) is 29.8 Å². The summed E-state index contributed by atoms with van der Waals surface area (Å²) in [6, 6.07) is 17.9. The van der Waals surface area contributed by atoms with Crippen LogP contribution in [0.3, 0.4) is 0 Å². The molecule has 0 saturated heterocycles. The number of azo groups is 2. The lowest BCUT2D eigenvalue weighted by atomic mass is 10.1. The van der Waals surface area contributed by atoms with Crippen LogP contribution in [0.1, 0.15) is 43.0 Å². The predicted molar refractivity (Wildman–Crippen MR) is 253 cm³/mol. The zero-order valence-corrected chi connectivity index (χ0v) is 39.7. The molecule has 72 heavy (non-hydrogen) atoms. The van der Waals surface area contributed by atoms with Gasteiger partial charge in [0.25, 0.3) is 21.6 Å². The molecular weight excluding hydrogens is 1010 g/mol. The van der Waals surface area contributed by atoms with Gasteiger partial charge in [-0.15, -0.1) is 15.3 Å². The number of phenols is 1. The fourth-order valence-electron chi connectivity index (χ4n) is 6.26. The molecule has 0 fully saturated rings. The summed E-state index contributed by atoms with van der Waals surface area (Å²) in [6.45, 7) is 3.49. The molecule has 4 aromatic carbocycles. The van der Waals surface area contributed by atoms with Gasteiger partial charge in [-0.2, -0.15) is 46.4 Å². The fraction of sp³-hybridized carbons (Fsp3) is 0.146. The van der Waals surface area contributed by atoms with Crippen LogP contribution in [0.15, 0.2) is 119 Å². The number of rotatable bonds is 19. The monoisotopic (exact) mass is 1050 g/mol. The average molecular weight is 1050 g/mol. The minimum absolute atomic E-state index is 0.00412. The largest absolute Gasteiger partial charge is 0.504 e. The molecule has 0 spiro atoms. The first kappa shape index (κ1) is 52.9. The molecule has 376 valence electrons. The quantitative estimate of drug-likeness (QED) is 0.0100. The minimum atomic E-state index is -5.08. The number of aldehydes is 1. The molecule has 0 bridgehead atoms. The van der Waals surface area contributed by atoms with Crippen molar-refractivity contribution >= 4 is 88.7 Å². The van der Waals surface area contributed by atoms with Gasteiger partial charge in [-0.1, -0.05) is 36.4 Å². The molecule has 27 nitrogen and oxygen atoms in total. The number of hydrogen-bond donors (Lipinski definition) is 8. The van der Waals surface area contributed by atoms with Crippen LogP contribution >= 0.6 is 0 Å². The number of nitrogens with zero attached hydrogens (tertiary/aromatic N) is 9. The number of hydrogen-bond acceptors (Lipinski definition) is 22. The van der Waals surface area contributed by atoms with Gasteiger partial charge in [0.2, 0.25) is 33.4 Å². The van der Waals surface area contributed by atoms with Gasteiger partial charge in [0.05, 0.1) is 26.9 Å². The van der Waals surface area contributed by atoms with Gasteiger partial charge >= 0.3 is 16.5 Å². The molecule has 0 unspecified atom stereocenters. The second-order valence-corrected chi connectivity index (χ2v) is 19.3. The summed E-state index contributed by atoms with van der Waals surface area (Å²) in [4.78, 5) is 47.6. The number of phenolic OH excluding ortho intramolecular Hbond substituents is 1. The van der Waals surface area contributed by atoms with Crippen molar-refractivity contribution in [1.82, 2.24) is 19.5 Å². The Morgan fingerprint density at radius 2 is 1.54 bits per heavy atom. The number of carbonyl (C=O) groups excluding carboxylic acids is 2. The van der Waals surface area contributed by atoms with Crippen LogP contribution in [0, 0.1) is 26.8 Å². The second-order valence-electron chi connectivity index (χ2n) is 14.9. The summed E-state index contributed by atoms with van der Waals surface area (Å²) < 4.78 is 110. The van der Waals surface area contributed by atoms with E-state index in [4.69, 9.17) is 10.3 Å². The van der Waals surface area contributed by atoms with E-state index in [1.54, 1.807) is 55.5 Å². The van der Waals surface area contributed by atoms with Crippen LogP contribution in [0.2, 0.25) is 0 Å². The zero-order valence-electron chi connectivity index (χ0n) is 37.3. The highest BCUT2D eigenvalue weighted by molar-refractivity contribution is 7.92. The number of aromatic nitrogens is 4. The van der Waals surface area contributed by atoms with E-state index >= 15 is 0 Å². The maximum Gasteiger partial charge on any atom is 0.398 e. The van der Waals surface area contributed by atoms with Gasteiger partial charge in [0.15, 0.2) is 23.7 Å². The third-order valence-electron chi connectivity index (χ3n) is 9.77. The van der Waals surface area contributed by atoms with E-state index < -0.39 is 123 Å². The number of benzene rings is 4. The number of nitrogens with one attached hydrogen (secondary N) is 3. The fourth-order valence-corrected chi connectivity index (χ4v) is 8.56. The Bertz CT molecular complexity index is 3640. The Balaban J connectivity index is 1.25. The number of amides is 1. The maximum atomic E-state index is 14.9. The van der Waals surface area contributed by atoms with Crippen LogP contribution in [-0.2, 0) is 41.1 Å². The Hall–Kier alpha value is -8.49. The standard InChI is InChI=1S/C41H38FN13O14S3/c1-21-9-10-25(19-56)29(15-21)50-53-36(24-7-5-4-6-8-24)54-51-31-18-27(71(63,64)65)17-30(34(31)57)45-41-47-39(42)46-40(48-41)44-13-14-55-37(59)32(35(43)58)23(3)33(38(55)60)52-49-28-12-11-26(16-22(28)2)70(61,62)20-69-72(66,67)68/h4-12,15-19,51,57,59H,13-14,20H2,1-3H3,(H2,43,58)(H,63,64,65)(H,66,67,68)(H2,44,45,46,47,48). The first-order valence-corrected chi connectivity index (χ1v) is 24.6. The van der Waals surface area contributed by atoms with E-state index in [1.807, 2.05) is 0 Å². The molecule has 0 aliphatic carbocycles. The van der Waals surface area contributed by atoms with Crippen LogP contribution in [-0.4, -0.2) is 94.6 Å². The van der Waals surface area contributed by atoms with Crippen molar-refractivity contribution in [2.45, 2.75) is 37.1 Å². The molecule has 6 rings (SSSR count). The summed E-state index contributed by atoms with van der Waals surface area (Å²) in [5.74, 6) is -5.54. The van der Waals surface area contributed by atoms with Crippen LogP contribution < -0.4 is 27.4 Å². The van der Waals surface area contributed by atoms with Crippen LogP contribution in [0.4, 0.5) is 44.7 Å². The van der Waals surface area contributed by atoms with Crippen molar-refractivity contribution in [2.24, 2.45) is 31.3 Å². The highest BCUT2D eigenvalue weighted by atomic mass is 32.3. The molecule has 0 atom stereocenters.